The monoisotopic (exact) mass is 281 g/mol. The number of carboxylic acid groups (broad SMARTS) is 1. The predicted molar refractivity (Wildman–Crippen MR) is 77.1 cm³/mol. The molecule has 0 aliphatic heterocycles. The molecule has 0 fully saturated rings. The van der Waals surface area contributed by atoms with E-state index in [1.807, 2.05) is 26.8 Å². The Morgan fingerprint density at radius 3 is 2.65 bits per heavy atom. The number of hydrogen-bond donors (Lipinski definition) is 2. The Bertz CT molecular complexity index is 447. The molecule has 1 rings (SSSR count). The summed E-state index contributed by atoms with van der Waals surface area (Å²) in [5.41, 5.74) is 0.991. The number of benzene rings is 1. The molecule has 0 aromatic heterocycles. The third-order valence-corrected chi connectivity index (χ3v) is 3.21. The van der Waals surface area contributed by atoms with Crippen LogP contribution in [-0.2, 0) is 11.3 Å². The van der Waals surface area contributed by atoms with E-state index in [4.69, 9.17) is 9.84 Å². The number of carboxylic acids is 1. The number of aromatic hydroxyl groups is 1. The standard InChI is InChI=1S/C15H23NO4/c1-4-16(11(3)8-15(18)19)10-12-6-7-13(17)14(9-12)20-5-2/h6-7,9,11,17H,4-5,8,10H2,1-3H3,(H,18,19). The molecule has 0 amide bonds. The fourth-order valence-electron chi connectivity index (χ4n) is 2.12. The van der Waals surface area contributed by atoms with Gasteiger partial charge in [-0.2, -0.15) is 0 Å². The molecular formula is C15H23NO4. The van der Waals surface area contributed by atoms with Gasteiger partial charge in [0.1, 0.15) is 0 Å². The van der Waals surface area contributed by atoms with Crippen LogP contribution in [0.1, 0.15) is 32.8 Å². The van der Waals surface area contributed by atoms with Gasteiger partial charge in [0.05, 0.1) is 13.0 Å². The largest absolute Gasteiger partial charge is 0.504 e. The highest BCUT2D eigenvalue weighted by Gasteiger charge is 2.16. The number of hydrogen-bond acceptors (Lipinski definition) is 4. The number of phenols is 1. The van der Waals surface area contributed by atoms with E-state index >= 15 is 0 Å². The summed E-state index contributed by atoms with van der Waals surface area (Å²) in [6.45, 7) is 7.65. The lowest BCUT2D eigenvalue weighted by molar-refractivity contribution is -0.138. The first-order valence-electron chi connectivity index (χ1n) is 6.88. The lowest BCUT2D eigenvalue weighted by atomic mass is 10.1. The molecule has 2 N–H and O–H groups in total. The predicted octanol–water partition coefficient (Wildman–Crippen LogP) is 2.48. The van der Waals surface area contributed by atoms with E-state index in [2.05, 4.69) is 4.90 Å². The van der Waals surface area contributed by atoms with Crippen LogP contribution >= 0.6 is 0 Å². The van der Waals surface area contributed by atoms with Gasteiger partial charge in [0.15, 0.2) is 11.5 Å². The Kier molecular flexibility index (Phi) is 6.31. The van der Waals surface area contributed by atoms with Crippen LogP contribution in [0.25, 0.3) is 0 Å². The van der Waals surface area contributed by atoms with Crippen molar-refractivity contribution in [3.05, 3.63) is 23.8 Å². The first-order valence-corrected chi connectivity index (χ1v) is 6.88. The summed E-state index contributed by atoms with van der Waals surface area (Å²) in [6, 6.07) is 5.20. The van der Waals surface area contributed by atoms with Gasteiger partial charge in [-0.25, -0.2) is 0 Å². The number of aliphatic carboxylic acids is 1. The topological polar surface area (TPSA) is 70.0 Å². The lowest BCUT2D eigenvalue weighted by Crippen LogP contribution is -2.34. The van der Waals surface area contributed by atoms with Gasteiger partial charge in [0.25, 0.3) is 0 Å². The van der Waals surface area contributed by atoms with Crippen LogP contribution in [0, 0.1) is 0 Å². The highest BCUT2D eigenvalue weighted by atomic mass is 16.5. The average Bonchev–Trinajstić information content (AvgIpc) is 2.38. The molecule has 0 spiro atoms. The molecule has 20 heavy (non-hydrogen) atoms. The average molecular weight is 281 g/mol. The van der Waals surface area contributed by atoms with Crippen molar-refractivity contribution < 1.29 is 19.7 Å². The summed E-state index contributed by atoms with van der Waals surface area (Å²) < 4.78 is 5.35. The van der Waals surface area contributed by atoms with Crippen LogP contribution in [0.4, 0.5) is 0 Å². The maximum absolute atomic E-state index is 10.8. The molecule has 0 radical (unpaired) electrons. The molecule has 0 saturated heterocycles. The lowest BCUT2D eigenvalue weighted by Gasteiger charge is -2.27. The number of ether oxygens (including phenoxy) is 1. The van der Waals surface area contributed by atoms with Crippen molar-refractivity contribution in [2.75, 3.05) is 13.2 Å². The van der Waals surface area contributed by atoms with Gasteiger partial charge in [-0.1, -0.05) is 13.0 Å². The summed E-state index contributed by atoms with van der Waals surface area (Å²) in [5, 5.41) is 18.5. The molecule has 0 aliphatic carbocycles. The van der Waals surface area contributed by atoms with Crippen molar-refractivity contribution >= 4 is 5.97 Å². The number of carbonyl (C=O) groups is 1. The molecule has 1 unspecified atom stereocenters. The van der Waals surface area contributed by atoms with E-state index in [1.165, 1.54) is 0 Å². The number of nitrogens with zero attached hydrogens (tertiary/aromatic N) is 1. The molecular weight excluding hydrogens is 258 g/mol. The molecule has 0 bridgehead atoms. The van der Waals surface area contributed by atoms with Crippen molar-refractivity contribution in [2.24, 2.45) is 0 Å². The van der Waals surface area contributed by atoms with Crippen molar-refractivity contribution in [3.8, 4) is 11.5 Å². The minimum absolute atomic E-state index is 0.0400. The molecule has 1 aromatic rings. The van der Waals surface area contributed by atoms with Gasteiger partial charge < -0.3 is 14.9 Å². The van der Waals surface area contributed by atoms with Crippen molar-refractivity contribution in [3.63, 3.8) is 0 Å². The molecule has 112 valence electrons. The van der Waals surface area contributed by atoms with E-state index in [0.717, 1.165) is 12.1 Å². The summed E-state index contributed by atoms with van der Waals surface area (Å²) in [4.78, 5) is 12.9. The zero-order chi connectivity index (χ0) is 15.1. The second kappa shape index (κ2) is 7.75. The fourth-order valence-corrected chi connectivity index (χ4v) is 2.12. The van der Waals surface area contributed by atoms with E-state index in [1.54, 1.807) is 12.1 Å². The minimum atomic E-state index is -0.795. The van der Waals surface area contributed by atoms with Crippen LogP contribution in [0.5, 0.6) is 11.5 Å². The molecule has 0 saturated carbocycles. The van der Waals surface area contributed by atoms with Gasteiger partial charge >= 0.3 is 5.97 Å². The van der Waals surface area contributed by atoms with Gasteiger partial charge in [0.2, 0.25) is 0 Å². The third-order valence-electron chi connectivity index (χ3n) is 3.21. The van der Waals surface area contributed by atoms with Gasteiger partial charge in [-0.05, 0) is 38.1 Å². The first-order chi connectivity index (χ1) is 9.47. The minimum Gasteiger partial charge on any atom is -0.504 e. The van der Waals surface area contributed by atoms with Crippen molar-refractivity contribution in [1.29, 1.82) is 0 Å². The van der Waals surface area contributed by atoms with Crippen molar-refractivity contribution in [2.45, 2.75) is 39.8 Å². The van der Waals surface area contributed by atoms with E-state index < -0.39 is 5.97 Å². The Morgan fingerprint density at radius 1 is 1.40 bits per heavy atom. The Morgan fingerprint density at radius 2 is 2.10 bits per heavy atom. The van der Waals surface area contributed by atoms with Gasteiger partial charge in [0, 0.05) is 12.6 Å². The van der Waals surface area contributed by atoms with Crippen LogP contribution in [0.2, 0.25) is 0 Å². The number of phenolic OH excluding ortho intramolecular Hbond substituents is 1. The Hall–Kier alpha value is -1.75. The van der Waals surface area contributed by atoms with Crippen molar-refractivity contribution in [1.82, 2.24) is 4.90 Å². The quantitative estimate of drug-likeness (QED) is 0.766. The Labute approximate surface area is 119 Å². The number of rotatable bonds is 8. The normalized spacial score (nSPS) is 12.4. The third kappa shape index (κ3) is 4.74. The van der Waals surface area contributed by atoms with Crippen LogP contribution in [-0.4, -0.2) is 40.3 Å². The Balaban J connectivity index is 2.79. The second-order valence-corrected chi connectivity index (χ2v) is 4.75. The van der Waals surface area contributed by atoms with Gasteiger partial charge in [-0.3, -0.25) is 9.69 Å². The highest BCUT2D eigenvalue weighted by Crippen LogP contribution is 2.27. The summed E-state index contributed by atoms with van der Waals surface area (Å²) >= 11 is 0. The SMILES string of the molecule is CCOc1cc(CN(CC)C(C)CC(=O)O)ccc1O. The van der Waals surface area contributed by atoms with E-state index in [0.29, 0.717) is 18.9 Å². The molecule has 1 aromatic carbocycles. The molecule has 0 aliphatic rings. The maximum Gasteiger partial charge on any atom is 0.304 e. The molecule has 5 heteroatoms. The van der Waals surface area contributed by atoms with Crippen LogP contribution < -0.4 is 4.74 Å². The smallest absolute Gasteiger partial charge is 0.304 e. The zero-order valence-electron chi connectivity index (χ0n) is 12.3. The molecule has 1 atom stereocenters. The summed E-state index contributed by atoms with van der Waals surface area (Å²) in [5.74, 6) is -0.208. The molecule has 5 nitrogen and oxygen atoms in total. The maximum atomic E-state index is 10.8. The molecule has 0 heterocycles. The first kappa shape index (κ1) is 16.3. The second-order valence-electron chi connectivity index (χ2n) is 4.75. The fraction of sp³-hybridized carbons (Fsp3) is 0.533. The van der Waals surface area contributed by atoms with Crippen LogP contribution in [0.3, 0.4) is 0 Å². The van der Waals surface area contributed by atoms with Crippen LogP contribution in [0.15, 0.2) is 18.2 Å². The zero-order valence-corrected chi connectivity index (χ0v) is 12.3. The van der Waals surface area contributed by atoms with Gasteiger partial charge in [-0.15, -0.1) is 0 Å². The summed E-state index contributed by atoms with van der Waals surface area (Å²) in [7, 11) is 0. The highest BCUT2D eigenvalue weighted by molar-refractivity contribution is 5.67. The van der Waals surface area contributed by atoms with E-state index in [9.17, 15) is 9.90 Å². The van der Waals surface area contributed by atoms with E-state index in [-0.39, 0.29) is 18.2 Å². The summed E-state index contributed by atoms with van der Waals surface area (Å²) in [6.07, 6.45) is 0.115.